The lowest BCUT2D eigenvalue weighted by Gasteiger charge is -2.28. The fraction of sp³-hybridized carbons (Fsp3) is 0.259. The fourth-order valence-electron chi connectivity index (χ4n) is 4.09. The Morgan fingerprint density at radius 3 is 2.67 bits per heavy atom. The summed E-state index contributed by atoms with van der Waals surface area (Å²) in [4.78, 5) is 22.3. The van der Waals surface area contributed by atoms with Crippen LogP contribution in [0.2, 0.25) is 0 Å². The first-order valence-corrected chi connectivity index (χ1v) is 12.1. The van der Waals surface area contributed by atoms with Crippen molar-refractivity contribution in [2.45, 2.75) is 45.6 Å². The molecule has 0 aliphatic carbocycles. The molecule has 3 aromatic rings. The molecule has 0 fully saturated rings. The van der Waals surface area contributed by atoms with Gasteiger partial charge in [0.2, 0.25) is 5.78 Å². The van der Waals surface area contributed by atoms with Crippen molar-refractivity contribution in [3.05, 3.63) is 87.5 Å². The van der Waals surface area contributed by atoms with Crippen LogP contribution < -0.4 is 5.32 Å². The molecule has 1 aromatic heterocycles. The van der Waals surface area contributed by atoms with E-state index in [1.54, 1.807) is 10.9 Å². The average Bonchev–Trinajstić information content (AvgIpc) is 3.39. The molecule has 0 saturated carbocycles. The Morgan fingerprint density at radius 2 is 1.97 bits per heavy atom. The van der Waals surface area contributed by atoms with Gasteiger partial charge >= 0.3 is 0 Å². The average molecular weight is 455 g/mol. The van der Waals surface area contributed by atoms with Crippen LogP contribution in [0.15, 0.2) is 75.7 Å². The number of nitrogens with zero attached hydrogens (tertiary/aromatic N) is 3. The van der Waals surface area contributed by atoms with Crippen molar-refractivity contribution < 1.29 is 4.79 Å². The van der Waals surface area contributed by atoms with Crippen molar-refractivity contribution in [1.29, 1.82) is 5.26 Å². The van der Waals surface area contributed by atoms with Crippen LogP contribution >= 0.6 is 11.3 Å². The number of carbonyl (C=O) groups excluding carboxylic acids is 1. The highest BCUT2D eigenvalue weighted by atomic mass is 32.1. The summed E-state index contributed by atoms with van der Waals surface area (Å²) >= 11 is 1.43. The molecular weight excluding hydrogens is 428 g/mol. The predicted molar refractivity (Wildman–Crippen MR) is 133 cm³/mol. The third-order valence-electron chi connectivity index (χ3n) is 5.80. The van der Waals surface area contributed by atoms with Crippen molar-refractivity contribution in [3.8, 4) is 17.2 Å². The number of amidine groups is 1. The molecule has 1 N–H and O–H groups in total. The Kier molecular flexibility index (Phi) is 7.11. The van der Waals surface area contributed by atoms with Crippen LogP contribution in [0.1, 0.15) is 54.7 Å². The van der Waals surface area contributed by atoms with Gasteiger partial charge in [-0.1, -0.05) is 55.8 Å². The Balaban J connectivity index is 1.67. The minimum Gasteiger partial charge on any atom is -0.360 e. The zero-order valence-corrected chi connectivity index (χ0v) is 19.7. The number of unbranched alkanes of at least 4 members (excludes halogenated alkanes) is 1. The van der Waals surface area contributed by atoms with E-state index in [0.717, 1.165) is 53.1 Å². The summed E-state index contributed by atoms with van der Waals surface area (Å²) in [6, 6.07) is 17.6. The van der Waals surface area contributed by atoms with Crippen molar-refractivity contribution in [2.75, 3.05) is 0 Å². The lowest BCUT2D eigenvalue weighted by atomic mass is 9.89. The van der Waals surface area contributed by atoms with Crippen LogP contribution in [0, 0.1) is 11.3 Å². The van der Waals surface area contributed by atoms with Crippen molar-refractivity contribution >= 4 is 23.0 Å². The first kappa shape index (κ1) is 22.6. The summed E-state index contributed by atoms with van der Waals surface area (Å²) in [7, 11) is 0. The number of benzene rings is 2. The van der Waals surface area contributed by atoms with Gasteiger partial charge in [0, 0.05) is 11.1 Å². The molecule has 33 heavy (non-hydrogen) atoms. The maximum Gasteiger partial charge on any atom is 0.208 e. The number of nitrogens with one attached hydrogen (secondary N) is 1. The van der Waals surface area contributed by atoms with Crippen LogP contribution in [0.4, 0.5) is 0 Å². The molecule has 0 spiro atoms. The van der Waals surface area contributed by atoms with Gasteiger partial charge in [-0.2, -0.15) is 5.26 Å². The van der Waals surface area contributed by atoms with Crippen LogP contribution in [-0.2, 0) is 6.42 Å². The summed E-state index contributed by atoms with van der Waals surface area (Å²) in [5.74, 6) is 0.746. The number of carbonyl (C=O) groups is 1. The Bertz CT molecular complexity index is 1230. The van der Waals surface area contributed by atoms with Crippen LogP contribution in [-0.4, -0.2) is 22.6 Å². The standard InChI is InChI=1S/C27H26N4OS/c1-3-4-9-24-23(26(31-18(2)30-24)27(32)25-16-33-17-29-25)14-19-10-12-20(13-11-19)22-8-6-5-7-21(22)15-28/h5-8,10-13,16-17,26H,3-4,9,14H2,1-2H3,(H,30,31). The fourth-order valence-corrected chi connectivity index (χ4v) is 4.64. The van der Waals surface area contributed by atoms with E-state index >= 15 is 0 Å². The van der Waals surface area contributed by atoms with Crippen LogP contribution in [0.5, 0.6) is 0 Å². The number of ketones is 1. The van der Waals surface area contributed by atoms with E-state index < -0.39 is 6.04 Å². The number of hydrogen-bond acceptors (Lipinski definition) is 6. The molecule has 0 bridgehead atoms. The molecule has 0 saturated heterocycles. The van der Waals surface area contributed by atoms with Gasteiger partial charge in [0.1, 0.15) is 11.7 Å². The molecule has 1 atom stereocenters. The van der Waals surface area contributed by atoms with Gasteiger partial charge in [-0.3, -0.25) is 4.79 Å². The lowest BCUT2D eigenvalue weighted by Crippen LogP contribution is -2.44. The van der Waals surface area contributed by atoms with Crippen LogP contribution in [0.25, 0.3) is 11.1 Å². The molecule has 6 heteroatoms. The predicted octanol–water partition coefficient (Wildman–Crippen LogP) is 5.94. The Morgan fingerprint density at radius 1 is 1.18 bits per heavy atom. The Hall–Kier alpha value is -3.56. The number of Topliss-reactive ketones (excluding diaryl/α,β-unsaturated/α-hetero) is 1. The lowest BCUT2D eigenvalue weighted by molar-refractivity contribution is 0.0960. The zero-order valence-electron chi connectivity index (χ0n) is 18.8. The smallest absolute Gasteiger partial charge is 0.208 e. The van der Waals surface area contributed by atoms with Crippen molar-refractivity contribution in [3.63, 3.8) is 0 Å². The monoisotopic (exact) mass is 454 g/mol. The second-order valence-corrected chi connectivity index (χ2v) is 8.84. The first-order valence-electron chi connectivity index (χ1n) is 11.1. The highest BCUT2D eigenvalue weighted by Gasteiger charge is 2.30. The number of allylic oxidation sites excluding steroid dienone is 1. The number of nitriles is 1. The zero-order chi connectivity index (χ0) is 23.2. The molecule has 1 aliphatic rings. The molecule has 1 unspecified atom stereocenters. The molecule has 2 heterocycles. The maximum atomic E-state index is 13.3. The largest absolute Gasteiger partial charge is 0.360 e. The number of thiazole rings is 1. The van der Waals surface area contributed by atoms with E-state index in [1.807, 2.05) is 43.3 Å². The SMILES string of the molecule is CCCCC1=C(Cc2ccc(-c3ccccc3C#N)cc2)C(C(=O)c2cscn2)NC(C)=N1. The summed E-state index contributed by atoms with van der Waals surface area (Å²) in [5.41, 5.74) is 7.87. The van der Waals surface area contributed by atoms with E-state index in [4.69, 9.17) is 4.99 Å². The molecule has 1 aliphatic heterocycles. The molecule has 5 nitrogen and oxygen atoms in total. The summed E-state index contributed by atoms with van der Waals surface area (Å²) < 4.78 is 0. The summed E-state index contributed by atoms with van der Waals surface area (Å²) in [6.07, 6.45) is 3.57. The van der Waals surface area contributed by atoms with E-state index in [0.29, 0.717) is 17.7 Å². The van der Waals surface area contributed by atoms with E-state index in [1.165, 1.54) is 11.3 Å². The van der Waals surface area contributed by atoms with Gasteiger partial charge in [-0.25, -0.2) is 9.98 Å². The van der Waals surface area contributed by atoms with Crippen molar-refractivity contribution in [1.82, 2.24) is 10.3 Å². The second-order valence-electron chi connectivity index (χ2n) is 8.12. The topological polar surface area (TPSA) is 78.1 Å². The third-order valence-corrected chi connectivity index (χ3v) is 6.38. The normalized spacial score (nSPS) is 15.5. The quantitative estimate of drug-likeness (QED) is 0.427. The second kappa shape index (κ2) is 10.4. The van der Waals surface area contributed by atoms with Crippen LogP contribution in [0.3, 0.4) is 0 Å². The van der Waals surface area contributed by atoms with Gasteiger partial charge in [0.05, 0.1) is 23.0 Å². The van der Waals surface area contributed by atoms with Gasteiger partial charge < -0.3 is 5.32 Å². The maximum absolute atomic E-state index is 13.3. The summed E-state index contributed by atoms with van der Waals surface area (Å²) in [5, 5.41) is 14.5. The van der Waals surface area contributed by atoms with Gasteiger partial charge in [-0.05, 0) is 54.5 Å². The number of hydrogen-bond donors (Lipinski definition) is 1. The molecule has 2 aromatic carbocycles. The van der Waals surface area contributed by atoms with Gasteiger partial charge in [-0.15, -0.1) is 11.3 Å². The van der Waals surface area contributed by atoms with E-state index in [9.17, 15) is 10.1 Å². The highest BCUT2D eigenvalue weighted by Crippen LogP contribution is 2.28. The summed E-state index contributed by atoms with van der Waals surface area (Å²) in [6.45, 7) is 4.07. The van der Waals surface area contributed by atoms with E-state index in [-0.39, 0.29) is 5.78 Å². The number of aliphatic imine (C=N–C) groups is 1. The first-order chi connectivity index (χ1) is 16.1. The number of rotatable bonds is 8. The van der Waals surface area contributed by atoms with Gasteiger partial charge in [0.25, 0.3) is 0 Å². The van der Waals surface area contributed by atoms with Crippen molar-refractivity contribution in [2.24, 2.45) is 4.99 Å². The molecule has 4 rings (SSSR count). The third kappa shape index (κ3) is 5.10. The highest BCUT2D eigenvalue weighted by molar-refractivity contribution is 7.07. The van der Waals surface area contributed by atoms with Gasteiger partial charge in [0.15, 0.2) is 0 Å². The minimum absolute atomic E-state index is 0.0194. The molecule has 0 radical (unpaired) electrons. The molecule has 166 valence electrons. The minimum atomic E-state index is -0.463. The number of aromatic nitrogens is 1. The Labute approximate surface area is 198 Å². The molecular formula is C27H26N4OS. The molecule has 0 amide bonds. The van der Waals surface area contributed by atoms with E-state index in [2.05, 4.69) is 35.4 Å².